The van der Waals surface area contributed by atoms with E-state index in [1.54, 1.807) is 0 Å². The Kier molecular flexibility index (Phi) is 6.00. The van der Waals surface area contributed by atoms with Crippen LogP contribution in [0.4, 0.5) is 0 Å². The van der Waals surface area contributed by atoms with E-state index in [2.05, 4.69) is 0 Å². The summed E-state index contributed by atoms with van der Waals surface area (Å²) in [7, 11) is 0. The molecule has 3 nitrogen and oxygen atoms in total. The van der Waals surface area contributed by atoms with Crippen molar-refractivity contribution in [3.63, 3.8) is 0 Å². The molecular formula is C12H18O3. The minimum Gasteiger partial charge on any atom is -0.396 e. The number of aliphatic hydroxyl groups excluding tert-OH is 2. The molecule has 1 aromatic rings. The topological polar surface area (TPSA) is 49.7 Å². The molecule has 0 saturated carbocycles. The van der Waals surface area contributed by atoms with Crippen molar-refractivity contribution >= 4 is 0 Å². The Hall–Kier alpha value is -0.900. The summed E-state index contributed by atoms with van der Waals surface area (Å²) >= 11 is 0. The lowest BCUT2D eigenvalue weighted by Gasteiger charge is -2.10. The Labute approximate surface area is 90.3 Å². The van der Waals surface area contributed by atoms with E-state index in [1.165, 1.54) is 0 Å². The summed E-state index contributed by atoms with van der Waals surface area (Å²) < 4.78 is 5.43. The molecule has 0 aromatic heterocycles. The van der Waals surface area contributed by atoms with Gasteiger partial charge in [-0.3, -0.25) is 0 Å². The Balaban J connectivity index is 2.12. The highest BCUT2D eigenvalue weighted by molar-refractivity contribution is 5.13. The molecule has 1 rings (SSSR count). The lowest BCUT2D eigenvalue weighted by molar-refractivity contribution is 0.0761. The van der Waals surface area contributed by atoms with Crippen LogP contribution in [-0.4, -0.2) is 30.0 Å². The summed E-state index contributed by atoms with van der Waals surface area (Å²) in [5.74, 6) is -0.0548. The largest absolute Gasteiger partial charge is 0.396 e. The molecule has 2 N–H and O–H groups in total. The Morgan fingerprint density at radius 3 is 2.33 bits per heavy atom. The lowest BCUT2D eigenvalue weighted by Crippen LogP contribution is -2.13. The van der Waals surface area contributed by atoms with Crippen molar-refractivity contribution in [2.24, 2.45) is 5.92 Å². The van der Waals surface area contributed by atoms with E-state index in [1.807, 2.05) is 30.3 Å². The fourth-order valence-electron chi connectivity index (χ4n) is 1.25. The van der Waals surface area contributed by atoms with Crippen LogP contribution in [0.3, 0.4) is 0 Å². The van der Waals surface area contributed by atoms with Gasteiger partial charge in [0.2, 0.25) is 0 Å². The van der Waals surface area contributed by atoms with Gasteiger partial charge in [0.15, 0.2) is 0 Å². The number of hydrogen-bond donors (Lipinski definition) is 2. The first-order valence-corrected chi connectivity index (χ1v) is 5.20. The van der Waals surface area contributed by atoms with Gasteiger partial charge in [0.25, 0.3) is 0 Å². The van der Waals surface area contributed by atoms with Crippen LogP contribution in [0, 0.1) is 5.92 Å². The van der Waals surface area contributed by atoms with Crippen LogP contribution in [0.15, 0.2) is 30.3 Å². The molecule has 0 aliphatic carbocycles. The first kappa shape index (κ1) is 12.2. The van der Waals surface area contributed by atoms with Crippen LogP contribution in [0.25, 0.3) is 0 Å². The molecule has 0 spiro atoms. The zero-order valence-corrected chi connectivity index (χ0v) is 8.80. The number of rotatable bonds is 7. The molecule has 84 valence electrons. The van der Waals surface area contributed by atoms with Gasteiger partial charge >= 0.3 is 0 Å². The quantitative estimate of drug-likeness (QED) is 0.665. The zero-order chi connectivity index (χ0) is 10.9. The number of hydrogen-bond acceptors (Lipinski definition) is 3. The monoisotopic (exact) mass is 210 g/mol. The van der Waals surface area contributed by atoms with E-state index in [4.69, 9.17) is 14.9 Å². The fraction of sp³-hybridized carbons (Fsp3) is 0.500. The van der Waals surface area contributed by atoms with Crippen molar-refractivity contribution in [2.45, 2.75) is 13.0 Å². The smallest absolute Gasteiger partial charge is 0.0716 e. The van der Waals surface area contributed by atoms with Gasteiger partial charge in [0.1, 0.15) is 0 Å². The van der Waals surface area contributed by atoms with E-state index in [-0.39, 0.29) is 19.1 Å². The van der Waals surface area contributed by atoms with Crippen molar-refractivity contribution in [3.8, 4) is 0 Å². The molecule has 3 heteroatoms. The Morgan fingerprint density at radius 2 is 1.73 bits per heavy atom. The maximum absolute atomic E-state index is 8.83. The molecule has 0 aliphatic rings. The van der Waals surface area contributed by atoms with Crippen LogP contribution in [0.5, 0.6) is 0 Å². The van der Waals surface area contributed by atoms with Gasteiger partial charge in [-0.1, -0.05) is 30.3 Å². The SMILES string of the molecule is OCC(CO)CCOCc1ccccc1. The molecule has 0 fully saturated rings. The first-order valence-electron chi connectivity index (χ1n) is 5.20. The summed E-state index contributed by atoms with van der Waals surface area (Å²) in [6, 6.07) is 9.94. The van der Waals surface area contributed by atoms with E-state index in [0.717, 1.165) is 5.56 Å². The lowest BCUT2D eigenvalue weighted by atomic mass is 10.1. The van der Waals surface area contributed by atoms with Crippen LogP contribution in [0.1, 0.15) is 12.0 Å². The summed E-state index contributed by atoms with van der Waals surface area (Å²) in [5, 5.41) is 17.7. The molecule has 0 bridgehead atoms. The maximum atomic E-state index is 8.83. The van der Waals surface area contributed by atoms with Gasteiger partial charge in [0, 0.05) is 25.7 Å². The highest BCUT2D eigenvalue weighted by atomic mass is 16.5. The predicted molar refractivity (Wildman–Crippen MR) is 58.4 cm³/mol. The van der Waals surface area contributed by atoms with Gasteiger partial charge in [-0.15, -0.1) is 0 Å². The van der Waals surface area contributed by atoms with Gasteiger partial charge in [-0.2, -0.15) is 0 Å². The molecule has 0 amide bonds. The zero-order valence-electron chi connectivity index (χ0n) is 8.80. The Morgan fingerprint density at radius 1 is 1.07 bits per heavy atom. The third kappa shape index (κ3) is 4.93. The van der Waals surface area contributed by atoms with Crippen LogP contribution in [0.2, 0.25) is 0 Å². The minimum absolute atomic E-state index is 0.0190. The maximum Gasteiger partial charge on any atom is 0.0716 e. The molecule has 0 radical (unpaired) electrons. The number of aliphatic hydroxyl groups is 2. The second-order valence-corrected chi connectivity index (χ2v) is 3.56. The van der Waals surface area contributed by atoms with Crippen molar-refractivity contribution in [1.29, 1.82) is 0 Å². The van der Waals surface area contributed by atoms with Crippen molar-refractivity contribution in [1.82, 2.24) is 0 Å². The summed E-state index contributed by atoms with van der Waals surface area (Å²) in [5.41, 5.74) is 1.14. The third-order valence-electron chi connectivity index (χ3n) is 2.30. The molecule has 0 atom stereocenters. The second-order valence-electron chi connectivity index (χ2n) is 3.56. The second kappa shape index (κ2) is 7.40. The molecule has 0 saturated heterocycles. The van der Waals surface area contributed by atoms with E-state index in [9.17, 15) is 0 Å². The van der Waals surface area contributed by atoms with Crippen molar-refractivity contribution < 1.29 is 14.9 Å². The normalized spacial score (nSPS) is 10.9. The molecule has 0 unspecified atom stereocenters. The summed E-state index contributed by atoms with van der Waals surface area (Å²) in [6.07, 6.45) is 0.694. The molecule has 1 aromatic carbocycles. The summed E-state index contributed by atoms with van der Waals surface area (Å²) in [6.45, 7) is 1.20. The van der Waals surface area contributed by atoms with E-state index >= 15 is 0 Å². The van der Waals surface area contributed by atoms with Gasteiger partial charge in [-0.05, 0) is 12.0 Å². The molecule has 0 heterocycles. The van der Waals surface area contributed by atoms with Crippen LogP contribution in [-0.2, 0) is 11.3 Å². The Bertz CT molecular complexity index is 244. The average Bonchev–Trinajstić information content (AvgIpc) is 2.31. The van der Waals surface area contributed by atoms with E-state index < -0.39 is 0 Å². The number of benzene rings is 1. The van der Waals surface area contributed by atoms with Crippen LogP contribution >= 0.6 is 0 Å². The van der Waals surface area contributed by atoms with Gasteiger partial charge in [-0.25, -0.2) is 0 Å². The van der Waals surface area contributed by atoms with E-state index in [0.29, 0.717) is 19.6 Å². The highest BCUT2D eigenvalue weighted by Crippen LogP contribution is 2.04. The third-order valence-corrected chi connectivity index (χ3v) is 2.30. The minimum atomic E-state index is -0.0548. The number of ether oxygens (including phenoxy) is 1. The highest BCUT2D eigenvalue weighted by Gasteiger charge is 2.04. The average molecular weight is 210 g/mol. The van der Waals surface area contributed by atoms with Crippen LogP contribution < -0.4 is 0 Å². The van der Waals surface area contributed by atoms with Gasteiger partial charge in [0.05, 0.1) is 6.61 Å². The van der Waals surface area contributed by atoms with Crippen molar-refractivity contribution in [2.75, 3.05) is 19.8 Å². The molecular weight excluding hydrogens is 192 g/mol. The predicted octanol–water partition coefficient (Wildman–Crippen LogP) is 1.19. The molecule has 15 heavy (non-hydrogen) atoms. The fourth-order valence-corrected chi connectivity index (χ4v) is 1.25. The summed E-state index contributed by atoms with van der Waals surface area (Å²) in [4.78, 5) is 0. The van der Waals surface area contributed by atoms with Gasteiger partial charge < -0.3 is 14.9 Å². The standard InChI is InChI=1S/C12H18O3/c13-8-12(9-14)6-7-15-10-11-4-2-1-3-5-11/h1-5,12-14H,6-10H2. The molecule has 0 aliphatic heterocycles. The van der Waals surface area contributed by atoms with Crippen molar-refractivity contribution in [3.05, 3.63) is 35.9 Å². The first-order chi connectivity index (χ1) is 7.36.